The van der Waals surface area contributed by atoms with Gasteiger partial charge in [0.05, 0.1) is 14.9 Å². The largest absolute Gasteiger partial charge is 0.295 e. The fourth-order valence-electron chi connectivity index (χ4n) is 2.62. The first-order valence-electron chi connectivity index (χ1n) is 6.54. The summed E-state index contributed by atoms with van der Waals surface area (Å²) in [4.78, 5) is 49.0. The number of carbonyl (C=O) groups is 4. The lowest BCUT2D eigenvalue weighted by molar-refractivity contribution is -0.136. The monoisotopic (exact) mass is 428 g/mol. The zero-order chi connectivity index (χ0) is 16.0. The highest BCUT2D eigenvalue weighted by atomic mass is 79.9. The van der Waals surface area contributed by atoms with Crippen molar-refractivity contribution in [2.24, 2.45) is 0 Å². The van der Waals surface area contributed by atoms with Gasteiger partial charge >= 0.3 is 0 Å². The van der Waals surface area contributed by atoms with Gasteiger partial charge in [0.2, 0.25) is 11.8 Å². The van der Waals surface area contributed by atoms with Crippen LogP contribution < -0.4 is 5.32 Å². The molecule has 1 unspecified atom stereocenters. The van der Waals surface area contributed by atoms with E-state index in [2.05, 4.69) is 37.2 Å². The quantitative estimate of drug-likeness (QED) is 0.574. The molecule has 1 atom stereocenters. The molecule has 2 heterocycles. The zero-order valence-electron chi connectivity index (χ0n) is 11.1. The van der Waals surface area contributed by atoms with Crippen LogP contribution in [-0.2, 0) is 9.59 Å². The minimum absolute atomic E-state index is 0.111. The Morgan fingerprint density at radius 1 is 1.09 bits per heavy atom. The van der Waals surface area contributed by atoms with E-state index in [9.17, 15) is 19.2 Å². The van der Waals surface area contributed by atoms with E-state index in [0.29, 0.717) is 0 Å². The second kappa shape index (κ2) is 5.58. The summed E-state index contributed by atoms with van der Waals surface area (Å²) in [5.41, 5.74) is 1.35. The summed E-state index contributed by atoms with van der Waals surface area (Å²) >= 11 is 6.68. The molecule has 6 nitrogen and oxygen atoms in total. The van der Waals surface area contributed by atoms with E-state index >= 15 is 0 Å². The fraction of sp³-hybridized carbons (Fsp3) is 0.286. The first-order chi connectivity index (χ1) is 10.4. The number of piperidine rings is 1. The van der Waals surface area contributed by atoms with Crippen LogP contribution in [0.25, 0.3) is 0 Å². The first kappa shape index (κ1) is 15.4. The van der Waals surface area contributed by atoms with Gasteiger partial charge in [0.25, 0.3) is 11.8 Å². The molecule has 1 saturated heterocycles. The average molecular weight is 430 g/mol. The summed E-state index contributed by atoms with van der Waals surface area (Å²) in [7, 11) is 0. The summed E-state index contributed by atoms with van der Waals surface area (Å²) in [6.07, 6.45) is 0.266. The van der Waals surface area contributed by atoms with Crippen LogP contribution in [0.5, 0.6) is 0 Å². The molecular weight excluding hydrogens is 420 g/mol. The maximum absolute atomic E-state index is 12.5. The lowest BCUT2D eigenvalue weighted by Gasteiger charge is -2.27. The maximum Gasteiger partial charge on any atom is 0.262 e. The fourth-order valence-corrected chi connectivity index (χ4v) is 3.19. The third kappa shape index (κ3) is 2.40. The van der Waals surface area contributed by atoms with Crippen LogP contribution >= 0.6 is 31.9 Å². The molecule has 3 rings (SSSR count). The molecule has 8 heteroatoms. The van der Waals surface area contributed by atoms with E-state index in [4.69, 9.17) is 0 Å². The molecule has 1 aromatic carbocycles. The molecule has 2 aliphatic rings. The second-order valence-electron chi connectivity index (χ2n) is 5.05. The highest BCUT2D eigenvalue weighted by Gasteiger charge is 2.44. The molecular formula is C14H10Br2N2O4. The van der Waals surface area contributed by atoms with Crippen molar-refractivity contribution in [2.75, 3.05) is 0 Å². The molecule has 0 spiro atoms. The van der Waals surface area contributed by atoms with Gasteiger partial charge in [-0.15, -0.1) is 0 Å². The number of rotatable bonds is 2. The van der Waals surface area contributed by atoms with Crippen molar-refractivity contribution in [1.29, 1.82) is 0 Å². The molecule has 1 fully saturated rings. The zero-order valence-corrected chi connectivity index (χ0v) is 14.3. The standard InChI is InChI=1S/C14H10Br2N2O4/c15-11(16)6-1-2-7-8(5-6)14(22)18(13(7)21)9-3-4-10(19)17-12(9)20/h1-2,5,9,11H,3-4H2,(H,17,19,20). The Balaban J connectivity index is 1.96. The maximum atomic E-state index is 12.5. The minimum Gasteiger partial charge on any atom is -0.295 e. The summed E-state index contributed by atoms with van der Waals surface area (Å²) in [6, 6.07) is 3.99. The number of fused-ring (bicyclic) bond motifs is 1. The Kier molecular flexibility index (Phi) is 3.90. The molecule has 0 radical (unpaired) electrons. The van der Waals surface area contributed by atoms with Gasteiger partial charge in [0.15, 0.2) is 0 Å². The van der Waals surface area contributed by atoms with Gasteiger partial charge < -0.3 is 0 Å². The van der Waals surface area contributed by atoms with Crippen molar-refractivity contribution in [3.8, 4) is 0 Å². The van der Waals surface area contributed by atoms with Crippen molar-refractivity contribution < 1.29 is 19.2 Å². The topological polar surface area (TPSA) is 83.6 Å². The Morgan fingerprint density at radius 2 is 1.77 bits per heavy atom. The number of hydrogen-bond acceptors (Lipinski definition) is 4. The van der Waals surface area contributed by atoms with Crippen LogP contribution in [0.2, 0.25) is 0 Å². The molecule has 2 aliphatic heterocycles. The number of carbonyl (C=O) groups excluding carboxylic acids is 4. The van der Waals surface area contributed by atoms with Crippen LogP contribution in [0, 0.1) is 0 Å². The molecule has 22 heavy (non-hydrogen) atoms. The van der Waals surface area contributed by atoms with Gasteiger partial charge in [0, 0.05) is 6.42 Å². The number of halogens is 2. The van der Waals surface area contributed by atoms with Crippen molar-refractivity contribution in [1.82, 2.24) is 10.2 Å². The van der Waals surface area contributed by atoms with Gasteiger partial charge in [-0.05, 0) is 24.1 Å². The van der Waals surface area contributed by atoms with E-state index in [1.807, 2.05) is 0 Å². The van der Waals surface area contributed by atoms with Crippen molar-refractivity contribution in [2.45, 2.75) is 22.6 Å². The van der Waals surface area contributed by atoms with Crippen molar-refractivity contribution in [3.63, 3.8) is 0 Å². The number of alkyl halides is 2. The smallest absolute Gasteiger partial charge is 0.262 e. The number of nitrogens with zero attached hydrogens (tertiary/aromatic N) is 1. The predicted molar refractivity (Wildman–Crippen MR) is 83.7 cm³/mol. The third-order valence-corrected chi connectivity index (χ3v) is 4.77. The molecule has 0 bridgehead atoms. The van der Waals surface area contributed by atoms with E-state index in [-0.39, 0.29) is 33.6 Å². The Bertz CT molecular complexity index is 717. The van der Waals surface area contributed by atoms with Crippen LogP contribution in [0.1, 0.15) is 42.9 Å². The number of hydrogen-bond donors (Lipinski definition) is 1. The highest BCUT2D eigenvalue weighted by Crippen LogP contribution is 2.34. The van der Waals surface area contributed by atoms with Gasteiger partial charge in [-0.2, -0.15) is 0 Å². The number of amides is 4. The van der Waals surface area contributed by atoms with Crippen LogP contribution in [-0.4, -0.2) is 34.6 Å². The van der Waals surface area contributed by atoms with Gasteiger partial charge in [0.1, 0.15) is 6.04 Å². The van der Waals surface area contributed by atoms with Crippen LogP contribution in [0.3, 0.4) is 0 Å². The minimum atomic E-state index is -0.933. The van der Waals surface area contributed by atoms with E-state index in [1.165, 1.54) is 0 Å². The molecule has 114 valence electrons. The summed E-state index contributed by atoms with van der Waals surface area (Å²) < 4.78 is -0.141. The van der Waals surface area contributed by atoms with E-state index < -0.39 is 23.8 Å². The lowest BCUT2D eigenvalue weighted by atomic mass is 10.0. The average Bonchev–Trinajstić information content (AvgIpc) is 2.71. The first-order valence-corrected chi connectivity index (χ1v) is 8.37. The number of benzene rings is 1. The summed E-state index contributed by atoms with van der Waals surface area (Å²) in [5, 5.41) is 2.16. The predicted octanol–water partition coefficient (Wildman–Crippen LogP) is 1.88. The highest BCUT2D eigenvalue weighted by molar-refractivity contribution is 9.24. The lowest BCUT2D eigenvalue weighted by Crippen LogP contribution is -2.54. The summed E-state index contributed by atoms with van der Waals surface area (Å²) in [5.74, 6) is -2.00. The van der Waals surface area contributed by atoms with Crippen molar-refractivity contribution in [3.05, 3.63) is 34.9 Å². The van der Waals surface area contributed by atoms with Gasteiger partial charge in [-0.3, -0.25) is 29.4 Å². The molecule has 0 aliphatic carbocycles. The molecule has 0 aromatic heterocycles. The molecule has 1 aromatic rings. The molecule has 4 amide bonds. The van der Waals surface area contributed by atoms with Crippen molar-refractivity contribution >= 4 is 55.5 Å². The Hall–Kier alpha value is -1.54. The third-order valence-electron chi connectivity index (χ3n) is 3.72. The molecule has 1 N–H and O–H groups in total. The number of nitrogens with one attached hydrogen (secondary N) is 1. The Morgan fingerprint density at radius 3 is 2.41 bits per heavy atom. The normalized spacial score (nSPS) is 21.4. The van der Waals surface area contributed by atoms with E-state index in [0.717, 1.165) is 10.5 Å². The van der Waals surface area contributed by atoms with Gasteiger partial charge in [-0.25, -0.2) is 0 Å². The Labute approximate surface area is 142 Å². The van der Waals surface area contributed by atoms with Crippen LogP contribution in [0.4, 0.5) is 0 Å². The van der Waals surface area contributed by atoms with Gasteiger partial charge in [-0.1, -0.05) is 37.9 Å². The van der Waals surface area contributed by atoms with E-state index in [1.54, 1.807) is 18.2 Å². The second-order valence-corrected chi connectivity index (χ2v) is 8.11. The SMILES string of the molecule is O=C1CCC(N2C(=O)c3ccc(C(Br)Br)cc3C2=O)C(=O)N1. The number of imide groups is 2. The van der Waals surface area contributed by atoms with Crippen LogP contribution in [0.15, 0.2) is 18.2 Å². The summed E-state index contributed by atoms with van der Waals surface area (Å²) in [6.45, 7) is 0. The molecule has 0 saturated carbocycles.